The molecular weight excluding hydrogens is 278 g/mol. The van der Waals surface area contributed by atoms with E-state index in [0.29, 0.717) is 22.3 Å². The number of anilines is 1. The number of nitrogens with two attached hydrogens (primary N) is 1. The molecule has 20 heavy (non-hydrogen) atoms. The predicted octanol–water partition coefficient (Wildman–Crippen LogP) is 0.612. The van der Waals surface area contributed by atoms with Gasteiger partial charge in [-0.1, -0.05) is 11.8 Å². The third kappa shape index (κ3) is 2.74. The monoisotopic (exact) mass is 293 g/mol. The van der Waals surface area contributed by atoms with Crippen LogP contribution in [0, 0.1) is 0 Å². The maximum atomic E-state index is 5.55. The lowest BCUT2D eigenvalue weighted by Crippen LogP contribution is -2.17. The van der Waals surface area contributed by atoms with Gasteiger partial charge in [0, 0.05) is 24.3 Å². The smallest absolute Gasteiger partial charge is 0.256 e. The molecule has 9 heteroatoms. The van der Waals surface area contributed by atoms with E-state index in [1.165, 1.54) is 0 Å². The third-order valence-electron chi connectivity index (χ3n) is 3.00. The number of nitrogens with zero attached hydrogens (tertiary/aromatic N) is 5. The molecule has 1 saturated heterocycles. The molecule has 2 aromatic heterocycles. The van der Waals surface area contributed by atoms with Crippen molar-refractivity contribution in [2.75, 3.05) is 12.0 Å². The van der Waals surface area contributed by atoms with Crippen LogP contribution in [0.2, 0.25) is 0 Å². The second-order valence-electron chi connectivity index (χ2n) is 4.36. The zero-order chi connectivity index (χ0) is 13.9. The van der Waals surface area contributed by atoms with E-state index >= 15 is 0 Å². The van der Waals surface area contributed by atoms with Crippen LogP contribution in [0.1, 0.15) is 13.3 Å². The third-order valence-corrected chi connectivity index (χ3v) is 4.32. The second kappa shape index (κ2) is 5.73. The van der Waals surface area contributed by atoms with Crippen molar-refractivity contribution in [2.24, 2.45) is 5.84 Å². The van der Waals surface area contributed by atoms with Crippen molar-refractivity contribution in [3.63, 3.8) is 0 Å². The number of nitrogens with one attached hydrogen (secondary N) is 1. The minimum absolute atomic E-state index is 0.194. The first-order valence-corrected chi connectivity index (χ1v) is 7.15. The summed E-state index contributed by atoms with van der Waals surface area (Å²) >= 11 is 1.58. The van der Waals surface area contributed by atoms with Crippen LogP contribution in [-0.4, -0.2) is 42.7 Å². The predicted molar refractivity (Wildman–Crippen MR) is 74.4 cm³/mol. The van der Waals surface area contributed by atoms with Crippen molar-refractivity contribution in [2.45, 2.75) is 29.9 Å². The molecule has 0 spiro atoms. The molecule has 3 rings (SSSR count). The van der Waals surface area contributed by atoms with Crippen molar-refractivity contribution in [1.29, 1.82) is 0 Å². The van der Waals surface area contributed by atoms with Gasteiger partial charge in [-0.15, -0.1) is 0 Å². The number of rotatable bonds is 4. The summed E-state index contributed by atoms with van der Waals surface area (Å²) in [5.41, 5.74) is 2.46. The van der Waals surface area contributed by atoms with Crippen LogP contribution in [0.3, 0.4) is 0 Å². The highest BCUT2D eigenvalue weighted by Gasteiger charge is 2.26. The molecule has 1 fully saturated rings. The Morgan fingerprint density at radius 3 is 3.00 bits per heavy atom. The Labute approximate surface area is 120 Å². The molecule has 0 bridgehead atoms. The van der Waals surface area contributed by atoms with Crippen molar-refractivity contribution in [3.05, 3.63) is 18.5 Å². The van der Waals surface area contributed by atoms with Gasteiger partial charge in [0.05, 0.1) is 6.10 Å². The fraction of sp³-hybridized carbons (Fsp3) is 0.455. The van der Waals surface area contributed by atoms with Crippen LogP contribution in [0.15, 0.2) is 23.6 Å². The average molecular weight is 293 g/mol. The standard InChI is InChI=1S/C11H15N7OS/c1-7-8(3-6-19-7)20-11-15-9(17-12)14-10(16-11)18-5-2-4-13-18/h2,4-5,7-8H,3,6,12H2,1H3,(H,14,15,16,17). The minimum Gasteiger partial charge on any atom is -0.377 e. The van der Waals surface area contributed by atoms with Gasteiger partial charge in [0.1, 0.15) is 0 Å². The van der Waals surface area contributed by atoms with Gasteiger partial charge in [-0.05, 0) is 19.4 Å². The number of nitrogen functional groups attached to an aromatic ring is 1. The van der Waals surface area contributed by atoms with Gasteiger partial charge < -0.3 is 4.74 Å². The molecule has 0 aliphatic carbocycles. The van der Waals surface area contributed by atoms with Crippen LogP contribution in [0.25, 0.3) is 5.95 Å². The number of aromatic nitrogens is 5. The fourth-order valence-corrected chi connectivity index (χ4v) is 2.98. The van der Waals surface area contributed by atoms with Gasteiger partial charge in [0.15, 0.2) is 5.16 Å². The SMILES string of the molecule is CC1OCCC1Sc1nc(NN)nc(-n2cccn2)n1. The lowest BCUT2D eigenvalue weighted by Gasteiger charge is -2.13. The van der Waals surface area contributed by atoms with Gasteiger partial charge in [-0.25, -0.2) is 10.5 Å². The quantitative estimate of drug-likeness (QED) is 0.624. The Morgan fingerprint density at radius 2 is 2.35 bits per heavy atom. The van der Waals surface area contributed by atoms with E-state index < -0.39 is 0 Å². The van der Waals surface area contributed by atoms with E-state index in [0.717, 1.165) is 13.0 Å². The summed E-state index contributed by atoms with van der Waals surface area (Å²) in [7, 11) is 0. The Bertz CT molecular complexity index is 576. The largest absolute Gasteiger partial charge is 0.377 e. The number of hydrazine groups is 1. The van der Waals surface area contributed by atoms with Crippen LogP contribution in [-0.2, 0) is 4.74 Å². The zero-order valence-electron chi connectivity index (χ0n) is 10.9. The molecule has 0 saturated carbocycles. The van der Waals surface area contributed by atoms with Crippen molar-refractivity contribution in [1.82, 2.24) is 24.7 Å². The molecule has 1 aliphatic heterocycles. The highest BCUT2D eigenvalue weighted by Crippen LogP contribution is 2.30. The van der Waals surface area contributed by atoms with E-state index in [4.69, 9.17) is 10.6 Å². The summed E-state index contributed by atoms with van der Waals surface area (Å²) in [5, 5.41) is 5.06. The van der Waals surface area contributed by atoms with Gasteiger partial charge in [0.2, 0.25) is 5.95 Å². The number of hydrogen-bond acceptors (Lipinski definition) is 8. The number of ether oxygens (including phenoxy) is 1. The molecule has 2 aromatic rings. The summed E-state index contributed by atoms with van der Waals surface area (Å²) in [6.45, 7) is 2.83. The Kier molecular flexibility index (Phi) is 3.81. The molecule has 0 aromatic carbocycles. The Hall–Kier alpha value is -1.71. The molecule has 3 N–H and O–H groups in total. The highest BCUT2D eigenvalue weighted by molar-refractivity contribution is 7.99. The van der Waals surface area contributed by atoms with Crippen LogP contribution in [0.5, 0.6) is 0 Å². The first-order valence-electron chi connectivity index (χ1n) is 6.27. The maximum absolute atomic E-state index is 5.55. The molecule has 2 atom stereocenters. The molecule has 1 aliphatic rings. The second-order valence-corrected chi connectivity index (χ2v) is 5.56. The van der Waals surface area contributed by atoms with Gasteiger partial charge in [-0.3, -0.25) is 5.43 Å². The summed E-state index contributed by atoms with van der Waals surface area (Å²) in [4.78, 5) is 12.9. The molecule has 3 heterocycles. The number of hydrogen-bond donors (Lipinski definition) is 2. The highest BCUT2D eigenvalue weighted by atomic mass is 32.2. The lowest BCUT2D eigenvalue weighted by atomic mass is 10.3. The van der Waals surface area contributed by atoms with Gasteiger partial charge >= 0.3 is 0 Å². The Morgan fingerprint density at radius 1 is 1.45 bits per heavy atom. The lowest BCUT2D eigenvalue weighted by molar-refractivity contribution is 0.127. The minimum atomic E-state index is 0.194. The van der Waals surface area contributed by atoms with E-state index in [1.54, 1.807) is 34.9 Å². The fourth-order valence-electron chi connectivity index (χ4n) is 1.95. The molecule has 2 unspecified atom stereocenters. The molecule has 8 nitrogen and oxygen atoms in total. The normalized spacial score (nSPS) is 22.1. The topological polar surface area (TPSA) is 104 Å². The molecular formula is C11H15N7OS. The average Bonchev–Trinajstić information content (AvgIpc) is 3.11. The van der Waals surface area contributed by atoms with Crippen molar-refractivity contribution < 1.29 is 4.74 Å². The first-order chi connectivity index (χ1) is 9.76. The summed E-state index contributed by atoms with van der Waals surface area (Å²) < 4.78 is 7.12. The summed E-state index contributed by atoms with van der Waals surface area (Å²) in [6.07, 6.45) is 4.61. The van der Waals surface area contributed by atoms with Crippen LogP contribution in [0.4, 0.5) is 5.95 Å². The van der Waals surface area contributed by atoms with Crippen molar-refractivity contribution in [3.8, 4) is 5.95 Å². The van der Waals surface area contributed by atoms with Crippen molar-refractivity contribution >= 4 is 17.7 Å². The molecule has 0 radical (unpaired) electrons. The number of thioether (sulfide) groups is 1. The summed E-state index contributed by atoms with van der Waals surface area (Å²) in [5.74, 6) is 6.17. The van der Waals surface area contributed by atoms with E-state index in [9.17, 15) is 0 Å². The van der Waals surface area contributed by atoms with E-state index in [-0.39, 0.29) is 6.10 Å². The Balaban J connectivity index is 1.88. The van der Waals surface area contributed by atoms with Gasteiger partial charge in [-0.2, -0.15) is 20.1 Å². The summed E-state index contributed by atoms with van der Waals surface area (Å²) in [6, 6.07) is 1.80. The van der Waals surface area contributed by atoms with Crippen LogP contribution >= 0.6 is 11.8 Å². The maximum Gasteiger partial charge on any atom is 0.256 e. The van der Waals surface area contributed by atoms with Gasteiger partial charge in [0.25, 0.3) is 5.95 Å². The molecule has 106 valence electrons. The zero-order valence-corrected chi connectivity index (χ0v) is 11.7. The van der Waals surface area contributed by atoms with Crippen LogP contribution < -0.4 is 11.3 Å². The molecule has 0 amide bonds. The first kappa shape index (κ1) is 13.3. The van der Waals surface area contributed by atoms with E-state index in [1.807, 2.05) is 0 Å². The van der Waals surface area contributed by atoms with E-state index in [2.05, 4.69) is 32.4 Å².